The van der Waals surface area contributed by atoms with Crippen LogP contribution in [0, 0.1) is 0 Å². The maximum atomic E-state index is 12.8. The van der Waals surface area contributed by atoms with Gasteiger partial charge in [0.25, 0.3) is 5.91 Å². The Morgan fingerprint density at radius 2 is 2.12 bits per heavy atom. The second-order valence-corrected chi connectivity index (χ2v) is 6.07. The molecule has 1 fully saturated rings. The van der Waals surface area contributed by atoms with Gasteiger partial charge in [-0.15, -0.1) is 0 Å². The fourth-order valence-corrected chi connectivity index (χ4v) is 3.10. The summed E-state index contributed by atoms with van der Waals surface area (Å²) >= 11 is 0. The molecule has 3 heterocycles. The van der Waals surface area contributed by atoms with Crippen LogP contribution in [0.1, 0.15) is 12.8 Å². The largest absolute Gasteiger partial charge is 0.485 e. The molecular weight excluding hydrogens is 322 g/mol. The van der Waals surface area contributed by atoms with Gasteiger partial charge >= 0.3 is 0 Å². The Bertz CT molecular complexity index is 740. The average molecular weight is 341 g/mol. The third kappa shape index (κ3) is 3.50. The molecule has 0 saturated carbocycles. The lowest BCUT2D eigenvalue weighted by Gasteiger charge is -2.35. The molecule has 7 nitrogen and oxygen atoms in total. The molecule has 0 radical (unpaired) electrons. The number of fused-ring (bicyclic) bond motifs is 1. The molecule has 7 heteroatoms. The number of hydrogen-bond donors (Lipinski definition) is 0. The zero-order chi connectivity index (χ0) is 17.1. The average Bonchev–Trinajstić information content (AvgIpc) is 2.68. The van der Waals surface area contributed by atoms with Crippen LogP contribution in [0.2, 0.25) is 0 Å². The molecule has 0 N–H and O–H groups in total. The minimum absolute atomic E-state index is 0.0676. The van der Waals surface area contributed by atoms with Crippen molar-refractivity contribution in [3.63, 3.8) is 0 Å². The number of para-hydroxylation sites is 2. The van der Waals surface area contributed by atoms with Crippen molar-refractivity contribution in [2.45, 2.75) is 25.0 Å². The maximum absolute atomic E-state index is 12.8. The van der Waals surface area contributed by atoms with Crippen molar-refractivity contribution in [1.29, 1.82) is 0 Å². The molecule has 2 aliphatic heterocycles. The summed E-state index contributed by atoms with van der Waals surface area (Å²) in [6, 6.07) is 7.39. The molecular formula is C18H19N3O4. The van der Waals surface area contributed by atoms with Crippen molar-refractivity contribution in [2.24, 2.45) is 0 Å². The van der Waals surface area contributed by atoms with Crippen LogP contribution in [0.15, 0.2) is 42.9 Å². The predicted octanol–water partition coefficient (Wildman–Crippen LogP) is 1.69. The van der Waals surface area contributed by atoms with E-state index in [1.54, 1.807) is 23.5 Å². The number of ether oxygens (including phenoxy) is 3. The molecule has 4 rings (SSSR count). The Labute approximate surface area is 145 Å². The molecule has 2 aliphatic rings. The van der Waals surface area contributed by atoms with E-state index in [9.17, 15) is 4.79 Å². The zero-order valence-electron chi connectivity index (χ0n) is 13.7. The molecule has 1 saturated heterocycles. The highest BCUT2D eigenvalue weighted by molar-refractivity contribution is 5.82. The number of nitrogens with zero attached hydrogens (tertiary/aromatic N) is 3. The first-order valence-corrected chi connectivity index (χ1v) is 8.39. The maximum Gasteiger partial charge on any atom is 0.267 e. The van der Waals surface area contributed by atoms with E-state index in [2.05, 4.69) is 9.97 Å². The van der Waals surface area contributed by atoms with Crippen LogP contribution < -0.4 is 14.2 Å². The first-order chi connectivity index (χ1) is 12.3. The standard InChI is InChI=1S/C18H19N3O4/c22-18(16-12-23-14-5-1-2-6-15(14)25-16)21-9-3-4-13(11-21)24-17-10-19-7-8-20-17/h1-2,5-8,10,13,16H,3-4,9,11-12H2/t13-,16+/m1/s1. The van der Waals surface area contributed by atoms with Crippen molar-refractivity contribution >= 4 is 5.91 Å². The second kappa shape index (κ2) is 6.96. The number of rotatable bonds is 3. The lowest BCUT2D eigenvalue weighted by molar-refractivity contribution is -0.143. The molecule has 2 aromatic rings. The van der Waals surface area contributed by atoms with Crippen LogP contribution in [0.5, 0.6) is 17.4 Å². The SMILES string of the molecule is O=C([C@@H]1COc2ccccc2O1)N1CCC[C@@H](Oc2cnccn2)C1. The van der Waals surface area contributed by atoms with E-state index in [0.717, 1.165) is 12.8 Å². The molecule has 1 amide bonds. The van der Waals surface area contributed by atoms with Crippen LogP contribution in [0.4, 0.5) is 0 Å². The summed E-state index contributed by atoms with van der Waals surface area (Å²) in [7, 11) is 0. The molecule has 0 spiro atoms. The smallest absolute Gasteiger partial charge is 0.267 e. The summed E-state index contributed by atoms with van der Waals surface area (Å²) < 4.78 is 17.3. The van der Waals surface area contributed by atoms with Crippen LogP contribution in [0.25, 0.3) is 0 Å². The van der Waals surface area contributed by atoms with Gasteiger partial charge in [-0.05, 0) is 25.0 Å². The molecule has 0 aliphatic carbocycles. The van der Waals surface area contributed by atoms with Crippen molar-refractivity contribution in [1.82, 2.24) is 14.9 Å². The number of hydrogen-bond acceptors (Lipinski definition) is 6. The quantitative estimate of drug-likeness (QED) is 0.846. The highest BCUT2D eigenvalue weighted by Crippen LogP contribution is 2.31. The summed E-state index contributed by atoms with van der Waals surface area (Å²) in [6.07, 6.45) is 5.81. The summed E-state index contributed by atoms with van der Waals surface area (Å²) in [5.74, 6) is 1.69. The van der Waals surface area contributed by atoms with Crippen LogP contribution >= 0.6 is 0 Å². The highest BCUT2D eigenvalue weighted by atomic mass is 16.6. The van der Waals surface area contributed by atoms with E-state index in [1.807, 2.05) is 24.3 Å². The Morgan fingerprint density at radius 3 is 2.96 bits per heavy atom. The molecule has 130 valence electrons. The number of aromatic nitrogens is 2. The third-order valence-corrected chi connectivity index (χ3v) is 4.30. The lowest BCUT2D eigenvalue weighted by Crippen LogP contribution is -2.51. The van der Waals surface area contributed by atoms with E-state index in [0.29, 0.717) is 30.5 Å². The van der Waals surface area contributed by atoms with E-state index >= 15 is 0 Å². The van der Waals surface area contributed by atoms with Gasteiger partial charge < -0.3 is 19.1 Å². The van der Waals surface area contributed by atoms with Gasteiger partial charge in [-0.1, -0.05) is 12.1 Å². The van der Waals surface area contributed by atoms with Crippen molar-refractivity contribution in [3.8, 4) is 17.4 Å². The molecule has 1 aromatic heterocycles. The highest BCUT2D eigenvalue weighted by Gasteiger charge is 2.34. The van der Waals surface area contributed by atoms with E-state index in [-0.39, 0.29) is 18.6 Å². The van der Waals surface area contributed by atoms with Crippen LogP contribution in [0.3, 0.4) is 0 Å². The number of carbonyl (C=O) groups is 1. The topological polar surface area (TPSA) is 73.8 Å². The number of carbonyl (C=O) groups excluding carboxylic acids is 1. The first kappa shape index (κ1) is 15.7. The summed E-state index contributed by atoms with van der Waals surface area (Å²) in [4.78, 5) is 22.7. The van der Waals surface area contributed by atoms with E-state index in [4.69, 9.17) is 14.2 Å². The molecule has 0 unspecified atom stereocenters. The Balaban J connectivity index is 1.39. The monoisotopic (exact) mass is 341 g/mol. The van der Waals surface area contributed by atoms with Gasteiger partial charge in [-0.25, -0.2) is 4.98 Å². The number of piperidine rings is 1. The van der Waals surface area contributed by atoms with Crippen molar-refractivity contribution in [3.05, 3.63) is 42.9 Å². The Hall–Kier alpha value is -2.83. The summed E-state index contributed by atoms with van der Waals surface area (Å²) in [6.45, 7) is 1.43. The zero-order valence-corrected chi connectivity index (χ0v) is 13.7. The number of benzene rings is 1. The Morgan fingerprint density at radius 1 is 1.24 bits per heavy atom. The van der Waals surface area contributed by atoms with Gasteiger partial charge in [0, 0.05) is 18.9 Å². The molecule has 25 heavy (non-hydrogen) atoms. The van der Waals surface area contributed by atoms with Crippen LogP contribution in [-0.2, 0) is 4.79 Å². The molecule has 1 aromatic carbocycles. The molecule has 0 bridgehead atoms. The Kier molecular flexibility index (Phi) is 4.37. The van der Waals surface area contributed by atoms with Gasteiger partial charge in [0.2, 0.25) is 12.0 Å². The lowest BCUT2D eigenvalue weighted by atomic mass is 10.1. The van der Waals surface area contributed by atoms with Gasteiger partial charge in [0.15, 0.2) is 11.5 Å². The summed E-state index contributed by atoms with van der Waals surface area (Å²) in [5.41, 5.74) is 0. The van der Waals surface area contributed by atoms with Gasteiger partial charge in [-0.2, -0.15) is 0 Å². The first-order valence-electron chi connectivity index (χ1n) is 8.39. The van der Waals surface area contributed by atoms with E-state index < -0.39 is 6.10 Å². The minimum atomic E-state index is -0.620. The second-order valence-electron chi connectivity index (χ2n) is 6.07. The van der Waals surface area contributed by atoms with Crippen molar-refractivity contribution in [2.75, 3.05) is 19.7 Å². The van der Waals surface area contributed by atoms with Gasteiger partial charge in [-0.3, -0.25) is 9.78 Å². The molecule has 2 atom stereocenters. The number of likely N-dealkylation sites (tertiary alicyclic amines) is 1. The van der Waals surface area contributed by atoms with Gasteiger partial charge in [0.1, 0.15) is 12.7 Å². The van der Waals surface area contributed by atoms with Crippen LogP contribution in [-0.4, -0.2) is 52.7 Å². The fourth-order valence-electron chi connectivity index (χ4n) is 3.10. The normalized spacial score (nSPS) is 22.3. The third-order valence-electron chi connectivity index (χ3n) is 4.30. The minimum Gasteiger partial charge on any atom is -0.485 e. The predicted molar refractivity (Wildman–Crippen MR) is 88.6 cm³/mol. The van der Waals surface area contributed by atoms with Crippen molar-refractivity contribution < 1.29 is 19.0 Å². The number of amides is 1. The van der Waals surface area contributed by atoms with Gasteiger partial charge in [0.05, 0.1) is 12.7 Å². The van der Waals surface area contributed by atoms with E-state index in [1.165, 1.54) is 0 Å². The fraction of sp³-hybridized carbons (Fsp3) is 0.389. The summed E-state index contributed by atoms with van der Waals surface area (Å²) in [5, 5.41) is 0.